The van der Waals surface area contributed by atoms with E-state index in [0.29, 0.717) is 23.7 Å². The normalized spacial score (nSPS) is 19.0. The van der Waals surface area contributed by atoms with Crippen LogP contribution in [0.15, 0.2) is 24.4 Å². The lowest BCUT2D eigenvalue weighted by Gasteiger charge is -2.32. The van der Waals surface area contributed by atoms with Gasteiger partial charge in [-0.2, -0.15) is 18.3 Å². The van der Waals surface area contributed by atoms with Crippen molar-refractivity contribution in [3.63, 3.8) is 0 Å². The van der Waals surface area contributed by atoms with Gasteiger partial charge in [0.1, 0.15) is 0 Å². The zero-order chi connectivity index (χ0) is 15.1. The number of fused-ring (bicyclic) bond motifs is 1. The maximum Gasteiger partial charge on any atom is 0.416 e. The molecule has 1 aliphatic carbocycles. The van der Waals surface area contributed by atoms with Gasteiger partial charge in [0, 0.05) is 5.39 Å². The zero-order valence-corrected chi connectivity index (χ0v) is 11.5. The number of hydrogen-bond acceptors (Lipinski definition) is 2. The molecule has 0 spiro atoms. The van der Waals surface area contributed by atoms with Crippen LogP contribution in [0.5, 0.6) is 0 Å². The summed E-state index contributed by atoms with van der Waals surface area (Å²) >= 11 is 0. The SMILES string of the molecule is OC1(Cn2ncc3ccc(C(F)(F)F)cc32)CCCCC1. The molecule has 1 heterocycles. The molecule has 0 radical (unpaired) electrons. The highest BCUT2D eigenvalue weighted by atomic mass is 19.4. The molecule has 1 fully saturated rings. The molecule has 1 N–H and O–H groups in total. The van der Waals surface area contributed by atoms with Crippen LogP contribution in [-0.4, -0.2) is 20.5 Å². The standard InChI is InChI=1S/C15H17F3N2O/c16-15(17,18)12-5-4-11-9-19-20(13(11)8-12)10-14(21)6-2-1-3-7-14/h4-5,8-9,21H,1-3,6-7,10H2. The van der Waals surface area contributed by atoms with E-state index in [0.717, 1.165) is 31.4 Å². The third-order valence-electron chi connectivity index (χ3n) is 4.20. The number of benzene rings is 1. The molecule has 1 aliphatic rings. The Bertz CT molecular complexity index is 642. The second kappa shape index (κ2) is 5.02. The summed E-state index contributed by atoms with van der Waals surface area (Å²) in [6.45, 7) is 0.248. The number of alkyl halides is 3. The minimum atomic E-state index is -4.37. The van der Waals surface area contributed by atoms with Crippen LogP contribution in [0.2, 0.25) is 0 Å². The zero-order valence-electron chi connectivity index (χ0n) is 11.5. The Labute approximate surface area is 120 Å². The molecule has 0 atom stereocenters. The fourth-order valence-corrected chi connectivity index (χ4v) is 3.02. The maximum absolute atomic E-state index is 12.8. The number of rotatable bonds is 2. The van der Waals surface area contributed by atoms with Gasteiger partial charge in [-0.05, 0) is 25.0 Å². The summed E-state index contributed by atoms with van der Waals surface area (Å²) in [5.74, 6) is 0. The number of nitrogens with zero attached hydrogens (tertiary/aromatic N) is 2. The highest BCUT2D eigenvalue weighted by Crippen LogP contribution is 2.33. The lowest BCUT2D eigenvalue weighted by Crippen LogP contribution is -2.36. The Kier molecular flexibility index (Phi) is 3.43. The Morgan fingerprint density at radius 2 is 1.90 bits per heavy atom. The van der Waals surface area contributed by atoms with Crippen molar-refractivity contribution in [3.8, 4) is 0 Å². The quantitative estimate of drug-likeness (QED) is 0.917. The number of aliphatic hydroxyl groups is 1. The number of aromatic nitrogens is 2. The molecule has 0 aliphatic heterocycles. The van der Waals surface area contributed by atoms with E-state index in [2.05, 4.69) is 5.10 Å². The average molecular weight is 298 g/mol. The van der Waals surface area contributed by atoms with Crippen LogP contribution in [0.4, 0.5) is 13.2 Å². The Hall–Kier alpha value is -1.56. The van der Waals surface area contributed by atoms with Crippen molar-refractivity contribution in [2.24, 2.45) is 0 Å². The van der Waals surface area contributed by atoms with Gasteiger partial charge in [0.25, 0.3) is 0 Å². The topological polar surface area (TPSA) is 38.0 Å². The van der Waals surface area contributed by atoms with E-state index >= 15 is 0 Å². The van der Waals surface area contributed by atoms with Crippen molar-refractivity contribution < 1.29 is 18.3 Å². The van der Waals surface area contributed by atoms with Crippen molar-refractivity contribution in [1.29, 1.82) is 0 Å². The van der Waals surface area contributed by atoms with E-state index in [1.54, 1.807) is 6.20 Å². The summed E-state index contributed by atoms with van der Waals surface area (Å²) < 4.78 is 39.9. The molecule has 3 nitrogen and oxygen atoms in total. The Morgan fingerprint density at radius 1 is 1.19 bits per heavy atom. The summed E-state index contributed by atoms with van der Waals surface area (Å²) in [6, 6.07) is 3.59. The molecule has 114 valence electrons. The van der Waals surface area contributed by atoms with Crippen LogP contribution >= 0.6 is 0 Å². The molecule has 0 unspecified atom stereocenters. The fraction of sp³-hybridized carbons (Fsp3) is 0.533. The predicted molar refractivity (Wildman–Crippen MR) is 72.8 cm³/mol. The first kappa shape index (κ1) is 14.4. The van der Waals surface area contributed by atoms with Gasteiger partial charge in [0.05, 0.1) is 29.4 Å². The summed E-state index contributed by atoms with van der Waals surface area (Å²) in [7, 11) is 0. The highest BCUT2D eigenvalue weighted by Gasteiger charge is 2.32. The van der Waals surface area contributed by atoms with Gasteiger partial charge in [-0.15, -0.1) is 0 Å². The average Bonchev–Trinajstić information content (AvgIpc) is 2.80. The van der Waals surface area contributed by atoms with E-state index in [4.69, 9.17) is 0 Å². The van der Waals surface area contributed by atoms with E-state index in [1.165, 1.54) is 10.7 Å². The fourth-order valence-electron chi connectivity index (χ4n) is 3.02. The molecule has 21 heavy (non-hydrogen) atoms. The van der Waals surface area contributed by atoms with Gasteiger partial charge in [-0.25, -0.2) is 0 Å². The minimum absolute atomic E-state index is 0.248. The summed E-state index contributed by atoms with van der Waals surface area (Å²) in [5.41, 5.74) is -1.12. The smallest absolute Gasteiger partial charge is 0.388 e. The van der Waals surface area contributed by atoms with Crippen molar-refractivity contribution in [2.75, 3.05) is 0 Å². The first-order chi connectivity index (χ1) is 9.87. The van der Waals surface area contributed by atoms with Crippen LogP contribution in [0.25, 0.3) is 10.9 Å². The van der Waals surface area contributed by atoms with Crippen molar-refractivity contribution in [2.45, 2.75) is 50.4 Å². The van der Waals surface area contributed by atoms with Crippen LogP contribution in [-0.2, 0) is 12.7 Å². The van der Waals surface area contributed by atoms with Crippen LogP contribution in [0.1, 0.15) is 37.7 Å². The molecule has 3 rings (SSSR count). The monoisotopic (exact) mass is 298 g/mol. The van der Waals surface area contributed by atoms with Gasteiger partial charge >= 0.3 is 6.18 Å². The van der Waals surface area contributed by atoms with Gasteiger partial charge in [0.2, 0.25) is 0 Å². The molecule has 6 heteroatoms. The van der Waals surface area contributed by atoms with Crippen molar-refractivity contribution in [3.05, 3.63) is 30.0 Å². The largest absolute Gasteiger partial charge is 0.416 e. The minimum Gasteiger partial charge on any atom is -0.388 e. The molecule has 1 aromatic carbocycles. The summed E-state index contributed by atoms with van der Waals surface area (Å²) in [4.78, 5) is 0. The number of hydrogen-bond donors (Lipinski definition) is 1. The van der Waals surface area contributed by atoms with Crippen molar-refractivity contribution in [1.82, 2.24) is 9.78 Å². The Balaban J connectivity index is 1.95. The molecule has 0 saturated heterocycles. The van der Waals surface area contributed by atoms with Gasteiger partial charge in [0.15, 0.2) is 0 Å². The van der Waals surface area contributed by atoms with E-state index < -0.39 is 17.3 Å². The second-order valence-electron chi connectivity index (χ2n) is 5.86. The van der Waals surface area contributed by atoms with Crippen LogP contribution in [0.3, 0.4) is 0 Å². The molecule has 1 saturated carbocycles. The summed E-state index contributed by atoms with van der Waals surface area (Å²) in [5, 5.41) is 15.4. The summed E-state index contributed by atoms with van der Waals surface area (Å²) in [6.07, 6.45) is 1.51. The van der Waals surface area contributed by atoms with E-state index in [-0.39, 0.29) is 6.54 Å². The molecule has 2 aromatic rings. The maximum atomic E-state index is 12.8. The Morgan fingerprint density at radius 3 is 2.57 bits per heavy atom. The predicted octanol–water partition coefficient (Wildman–Crippen LogP) is 3.75. The molecular formula is C15H17F3N2O. The van der Waals surface area contributed by atoms with Gasteiger partial charge in [-0.1, -0.05) is 25.3 Å². The molecule has 1 aromatic heterocycles. The number of halogens is 3. The lowest BCUT2D eigenvalue weighted by molar-refractivity contribution is -0.137. The van der Waals surface area contributed by atoms with Gasteiger partial charge in [-0.3, -0.25) is 4.68 Å². The van der Waals surface area contributed by atoms with Crippen molar-refractivity contribution >= 4 is 10.9 Å². The first-order valence-electron chi connectivity index (χ1n) is 7.13. The third kappa shape index (κ3) is 2.90. The van der Waals surface area contributed by atoms with E-state index in [9.17, 15) is 18.3 Å². The molecule has 0 bridgehead atoms. The highest BCUT2D eigenvalue weighted by molar-refractivity contribution is 5.79. The molecular weight excluding hydrogens is 281 g/mol. The van der Waals surface area contributed by atoms with Crippen LogP contribution in [0, 0.1) is 0 Å². The van der Waals surface area contributed by atoms with Crippen LogP contribution < -0.4 is 0 Å². The second-order valence-corrected chi connectivity index (χ2v) is 5.86. The third-order valence-corrected chi connectivity index (χ3v) is 4.20. The lowest BCUT2D eigenvalue weighted by atomic mass is 9.85. The first-order valence-corrected chi connectivity index (χ1v) is 7.13. The molecule has 0 amide bonds. The van der Waals surface area contributed by atoms with E-state index in [1.807, 2.05) is 0 Å². The van der Waals surface area contributed by atoms with Gasteiger partial charge < -0.3 is 5.11 Å².